The van der Waals surface area contributed by atoms with E-state index in [0.717, 1.165) is 36.3 Å². The molecule has 7 heteroatoms. The molecule has 1 atom stereocenters. The smallest absolute Gasteiger partial charge is 0.290 e. The van der Waals surface area contributed by atoms with Gasteiger partial charge in [-0.1, -0.05) is 42.4 Å². The lowest BCUT2D eigenvalue weighted by Gasteiger charge is -2.30. The van der Waals surface area contributed by atoms with Crippen molar-refractivity contribution in [1.29, 1.82) is 0 Å². The van der Waals surface area contributed by atoms with E-state index in [9.17, 15) is 4.79 Å². The fraction of sp³-hybridized carbons (Fsp3) is 0.391. The van der Waals surface area contributed by atoms with Crippen LogP contribution in [0.5, 0.6) is 0 Å². The van der Waals surface area contributed by atoms with Gasteiger partial charge in [-0.2, -0.15) is 0 Å². The summed E-state index contributed by atoms with van der Waals surface area (Å²) in [5.41, 5.74) is 2.63. The summed E-state index contributed by atoms with van der Waals surface area (Å²) in [4.78, 5) is 17.2. The minimum atomic E-state index is -0.137. The Balaban J connectivity index is 1.74. The number of benzene rings is 1. The van der Waals surface area contributed by atoms with Gasteiger partial charge in [0.1, 0.15) is 5.69 Å². The zero-order chi connectivity index (χ0) is 20.9. The van der Waals surface area contributed by atoms with E-state index in [0.29, 0.717) is 31.4 Å². The predicted octanol–water partition coefficient (Wildman–Crippen LogP) is 4.21. The number of furan rings is 1. The summed E-state index contributed by atoms with van der Waals surface area (Å²) in [6.45, 7) is 7.24. The molecule has 30 heavy (non-hydrogen) atoms. The van der Waals surface area contributed by atoms with Crippen LogP contribution in [0.4, 0.5) is 5.88 Å². The van der Waals surface area contributed by atoms with Crippen molar-refractivity contribution in [2.45, 2.75) is 32.9 Å². The van der Waals surface area contributed by atoms with Gasteiger partial charge in [0.25, 0.3) is 5.91 Å². The van der Waals surface area contributed by atoms with E-state index in [-0.39, 0.29) is 11.9 Å². The number of carbonyl (C=O) groups excluding carboxylic acids is 1. The fourth-order valence-corrected chi connectivity index (χ4v) is 3.64. The number of ether oxygens (including phenoxy) is 1. The molecule has 0 saturated carbocycles. The maximum Gasteiger partial charge on any atom is 0.290 e. The van der Waals surface area contributed by atoms with Gasteiger partial charge in [-0.15, -0.1) is 0 Å². The standard InChI is InChI=1S/C23H27N3O4/c1-3-17(2)26(22(27)20-10-7-13-29-20)16-19-21(18-8-5-4-6-9-18)24-30-23(19)25-11-14-28-15-12-25/h4-10,13,17H,3,11-12,14-16H2,1-2H3/t17-/m0/s1. The maximum atomic E-state index is 13.2. The van der Waals surface area contributed by atoms with Gasteiger partial charge < -0.3 is 23.5 Å². The van der Waals surface area contributed by atoms with Crippen LogP contribution in [-0.4, -0.2) is 48.3 Å². The third-order valence-corrected chi connectivity index (χ3v) is 5.56. The quantitative estimate of drug-likeness (QED) is 0.582. The topological polar surface area (TPSA) is 72.0 Å². The third-order valence-electron chi connectivity index (χ3n) is 5.56. The van der Waals surface area contributed by atoms with Gasteiger partial charge in [0.05, 0.1) is 31.6 Å². The lowest BCUT2D eigenvalue weighted by atomic mass is 10.1. The molecule has 158 valence electrons. The van der Waals surface area contributed by atoms with Gasteiger partial charge in [0.15, 0.2) is 5.76 Å². The Morgan fingerprint density at radius 3 is 2.60 bits per heavy atom. The monoisotopic (exact) mass is 409 g/mol. The second-order valence-electron chi connectivity index (χ2n) is 7.45. The molecule has 0 radical (unpaired) electrons. The van der Waals surface area contributed by atoms with Crippen molar-refractivity contribution in [3.8, 4) is 11.3 Å². The fourth-order valence-electron chi connectivity index (χ4n) is 3.64. The molecule has 1 aliphatic heterocycles. The molecule has 1 saturated heterocycles. The second kappa shape index (κ2) is 9.17. The molecule has 1 fully saturated rings. The van der Waals surface area contributed by atoms with Crippen molar-refractivity contribution in [3.05, 3.63) is 60.1 Å². The third kappa shape index (κ3) is 4.11. The van der Waals surface area contributed by atoms with Crippen molar-refractivity contribution < 1.29 is 18.5 Å². The van der Waals surface area contributed by atoms with Gasteiger partial charge >= 0.3 is 0 Å². The molecule has 7 nitrogen and oxygen atoms in total. The minimum Gasteiger partial charge on any atom is -0.459 e. The Morgan fingerprint density at radius 2 is 1.93 bits per heavy atom. The average molecular weight is 409 g/mol. The summed E-state index contributed by atoms with van der Waals surface area (Å²) >= 11 is 0. The first kappa shape index (κ1) is 20.2. The van der Waals surface area contributed by atoms with Gasteiger partial charge in [0, 0.05) is 24.7 Å². The lowest BCUT2D eigenvalue weighted by molar-refractivity contribution is 0.0638. The van der Waals surface area contributed by atoms with E-state index in [4.69, 9.17) is 13.7 Å². The molecule has 0 bridgehead atoms. The number of anilines is 1. The van der Waals surface area contributed by atoms with Crippen LogP contribution in [0.25, 0.3) is 11.3 Å². The number of morpholine rings is 1. The highest BCUT2D eigenvalue weighted by Crippen LogP contribution is 2.34. The molecule has 0 spiro atoms. The highest BCUT2D eigenvalue weighted by molar-refractivity contribution is 5.91. The van der Waals surface area contributed by atoms with Crippen LogP contribution in [0, 0.1) is 0 Å². The Labute approximate surface area is 176 Å². The van der Waals surface area contributed by atoms with Gasteiger partial charge in [-0.05, 0) is 25.5 Å². The number of rotatable bonds is 7. The summed E-state index contributed by atoms with van der Waals surface area (Å²) in [6.07, 6.45) is 2.35. The molecule has 0 N–H and O–H groups in total. The molecule has 0 aliphatic carbocycles. The Bertz CT molecular complexity index is 946. The van der Waals surface area contributed by atoms with Crippen molar-refractivity contribution in [3.63, 3.8) is 0 Å². The summed E-state index contributed by atoms with van der Waals surface area (Å²) in [7, 11) is 0. The van der Waals surface area contributed by atoms with Gasteiger partial charge in [0.2, 0.25) is 5.88 Å². The Hall–Kier alpha value is -3.06. The minimum absolute atomic E-state index is 0.0265. The number of amides is 1. The number of aromatic nitrogens is 1. The SMILES string of the molecule is CC[C@H](C)N(Cc1c(-c2ccccc2)noc1N1CCOCC1)C(=O)c1ccco1. The van der Waals surface area contributed by atoms with Crippen LogP contribution < -0.4 is 4.90 Å². The van der Waals surface area contributed by atoms with Gasteiger partial charge in [-0.3, -0.25) is 4.79 Å². The summed E-state index contributed by atoms with van der Waals surface area (Å²) in [5, 5.41) is 4.40. The van der Waals surface area contributed by atoms with E-state index in [1.165, 1.54) is 6.26 Å². The Morgan fingerprint density at radius 1 is 1.17 bits per heavy atom. The van der Waals surface area contributed by atoms with E-state index in [1.54, 1.807) is 12.1 Å². The van der Waals surface area contributed by atoms with Crippen LogP contribution in [0.3, 0.4) is 0 Å². The Kier molecular flexibility index (Phi) is 6.18. The molecular formula is C23H27N3O4. The zero-order valence-electron chi connectivity index (χ0n) is 17.4. The summed E-state index contributed by atoms with van der Waals surface area (Å²) < 4.78 is 16.7. The molecule has 3 heterocycles. The van der Waals surface area contributed by atoms with E-state index >= 15 is 0 Å². The van der Waals surface area contributed by atoms with Crippen molar-refractivity contribution in [1.82, 2.24) is 10.1 Å². The van der Waals surface area contributed by atoms with Crippen molar-refractivity contribution in [2.75, 3.05) is 31.2 Å². The van der Waals surface area contributed by atoms with E-state index < -0.39 is 0 Å². The molecule has 3 aromatic rings. The molecule has 1 amide bonds. The van der Waals surface area contributed by atoms with Crippen LogP contribution in [0.15, 0.2) is 57.7 Å². The van der Waals surface area contributed by atoms with E-state index in [2.05, 4.69) is 17.0 Å². The first-order valence-corrected chi connectivity index (χ1v) is 10.4. The highest BCUT2D eigenvalue weighted by Gasteiger charge is 2.30. The summed E-state index contributed by atoms with van der Waals surface area (Å²) in [6, 6.07) is 13.4. The van der Waals surface area contributed by atoms with Crippen LogP contribution in [0.1, 0.15) is 36.4 Å². The number of carbonyl (C=O) groups is 1. The first-order valence-electron chi connectivity index (χ1n) is 10.4. The number of hydrogen-bond donors (Lipinski definition) is 0. The number of hydrogen-bond acceptors (Lipinski definition) is 6. The zero-order valence-corrected chi connectivity index (χ0v) is 17.4. The molecule has 2 aromatic heterocycles. The molecule has 4 rings (SSSR count). The van der Waals surface area contributed by atoms with Crippen LogP contribution >= 0.6 is 0 Å². The normalized spacial score (nSPS) is 15.2. The maximum absolute atomic E-state index is 13.2. The largest absolute Gasteiger partial charge is 0.459 e. The predicted molar refractivity (Wildman–Crippen MR) is 113 cm³/mol. The lowest BCUT2D eigenvalue weighted by Crippen LogP contribution is -2.39. The molecule has 0 unspecified atom stereocenters. The van der Waals surface area contributed by atoms with Crippen molar-refractivity contribution in [2.24, 2.45) is 0 Å². The van der Waals surface area contributed by atoms with E-state index in [1.807, 2.05) is 42.2 Å². The average Bonchev–Trinajstić information content (AvgIpc) is 3.48. The summed E-state index contributed by atoms with van der Waals surface area (Å²) in [5.74, 6) is 0.904. The van der Waals surface area contributed by atoms with Crippen molar-refractivity contribution >= 4 is 11.8 Å². The van der Waals surface area contributed by atoms with Crippen LogP contribution in [0.2, 0.25) is 0 Å². The number of nitrogens with zero attached hydrogens (tertiary/aromatic N) is 3. The van der Waals surface area contributed by atoms with Crippen LogP contribution in [-0.2, 0) is 11.3 Å². The molecule has 1 aliphatic rings. The first-order chi connectivity index (χ1) is 14.7. The highest BCUT2D eigenvalue weighted by atomic mass is 16.5. The van der Waals surface area contributed by atoms with Gasteiger partial charge in [-0.25, -0.2) is 0 Å². The molecular weight excluding hydrogens is 382 g/mol. The molecule has 1 aromatic carbocycles. The second-order valence-corrected chi connectivity index (χ2v) is 7.45.